The van der Waals surface area contributed by atoms with Gasteiger partial charge in [0.05, 0.1) is 28.7 Å². The van der Waals surface area contributed by atoms with Crippen LogP contribution in [0.2, 0.25) is 0 Å². The lowest BCUT2D eigenvalue weighted by Crippen LogP contribution is -2.38. The molecule has 0 bridgehead atoms. The van der Waals surface area contributed by atoms with Gasteiger partial charge in [-0.3, -0.25) is 4.79 Å². The van der Waals surface area contributed by atoms with Crippen molar-refractivity contribution < 1.29 is 13.2 Å². The van der Waals surface area contributed by atoms with Gasteiger partial charge in [-0.15, -0.1) is 4.40 Å². The van der Waals surface area contributed by atoms with E-state index in [2.05, 4.69) is 19.3 Å². The van der Waals surface area contributed by atoms with Crippen molar-refractivity contribution in [1.29, 1.82) is 0 Å². The molecule has 2 aliphatic rings. The van der Waals surface area contributed by atoms with Crippen molar-refractivity contribution >= 4 is 32.8 Å². The number of aryl methyl sites for hydroxylation is 1. The van der Waals surface area contributed by atoms with Gasteiger partial charge in [0.2, 0.25) is 0 Å². The molecule has 0 aliphatic carbocycles. The van der Waals surface area contributed by atoms with Gasteiger partial charge in [0, 0.05) is 25.8 Å². The molecule has 27 heavy (non-hydrogen) atoms. The normalized spacial score (nSPS) is 18.0. The zero-order valence-corrected chi connectivity index (χ0v) is 15.4. The van der Waals surface area contributed by atoms with Crippen LogP contribution in [0.3, 0.4) is 0 Å². The lowest BCUT2D eigenvalue weighted by atomic mass is 10.1. The highest BCUT2D eigenvalue weighted by Gasteiger charge is 2.24. The number of para-hydroxylation sites is 2. The Hall–Kier alpha value is -2.94. The van der Waals surface area contributed by atoms with Crippen LogP contribution in [0.1, 0.15) is 6.42 Å². The molecule has 0 unspecified atom stereocenters. The first kappa shape index (κ1) is 17.5. The Kier molecular flexibility index (Phi) is 4.53. The molecule has 0 saturated heterocycles. The van der Waals surface area contributed by atoms with Crippen LogP contribution in [0.4, 0.5) is 0 Å². The number of benzene rings is 1. The van der Waals surface area contributed by atoms with E-state index in [0.29, 0.717) is 24.5 Å². The maximum Gasteiger partial charge on any atom is 0.256 e. The molecule has 3 heterocycles. The Bertz CT molecular complexity index is 1080. The third kappa shape index (κ3) is 3.77. The van der Waals surface area contributed by atoms with Crippen molar-refractivity contribution in [1.82, 2.24) is 19.8 Å². The average Bonchev–Trinajstić information content (AvgIpc) is 3.07. The third-order valence-corrected chi connectivity index (χ3v) is 5.64. The maximum absolute atomic E-state index is 12.3. The number of carbonyl (C=O) groups is 1. The molecule has 4 rings (SSSR count). The van der Waals surface area contributed by atoms with Gasteiger partial charge in [0.1, 0.15) is 5.84 Å². The van der Waals surface area contributed by atoms with Gasteiger partial charge in [-0.05, 0) is 30.7 Å². The number of amides is 1. The molecule has 140 valence electrons. The Morgan fingerprint density at radius 2 is 2.07 bits per heavy atom. The zero-order valence-electron chi connectivity index (χ0n) is 14.6. The molecule has 0 spiro atoms. The quantitative estimate of drug-likeness (QED) is 0.776. The molecule has 0 saturated carbocycles. The standard InChI is InChI=1S/C18H19N5O3S/c24-18(14-6-7-17-21-27(25,26)11-10-22(17)12-14)19-8-3-9-23-13-20-15-4-1-2-5-16(15)23/h1-2,4-7,12-13H,3,8-11H2,(H,19,24). The van der Waals surface area contributed by atoms with Gasteiger partial charge in [0.25, 0.3) is 15.9 Å². The monoisotopic (exact) mass is 385 g/mol. The minimum absolute atomic E-state index is 0.0470. The van der Waals surface area contributed by atoms with Gasteiger partial charge < -0.3 is 14.8 Å². The summed E-state index contributed by atoms with van der Waals surface area (Å²) in [6.45, 7) is 1.60. The maximum atomic E-state index is 12.3. The number of nitrogens with one attached hydrogen (secondary N) is 1. The number of hydrogen-bond donors (Lipinski definition) is 1. The minimum Gasteiger partial charge on any atom is -0.352 e. The fourth-order valence-electron chi connectivity index (χ4n) is 3.08. The van der Waals surface area contributed by atoms with Crippen LogP contribution in [-0.4, -0.2) is 53.5 Å². The highest BCUT2D eigenvalue weighted by molar-refractivity contribution is 7.90. The van der Waals surface area contributed by atoms with Crippen molar-refractivity contribution in [2.24, 2.45) is 4.40 Å². The SMILES string of the molecule is O=C(NCCCn1cnc2ccccc21)C1=CN2CCS(=O)(=O)N=C2C=C1. The largest absolute Gasteiger partial charge is 0.352 e. The van der Waals surface area contributed by atoms with Crippen LogP contribution in [0.5, 0.6) is 0 Å². The summed E-state index contributed by atoms with van der Waals surface area (Å²) < 4.78 is 28.8. The van der Waals surface area contributed by atoms with Gasteiger partial charge in [-0.1, -0.05) is 12.1 Å². The molecule has 1 aromatic carbocycles. The Morgan fingerprint density at radius 1 is 1.22 bits per heavy atom. The molecule has 1 N–H and O–H groups in total. The number of aromatic nitrogens is 2. The second kappa shape index (κ2) is 6.99. The van der Waals surface area contributed by atoms with E-state index in [1.165, 1.54) is 0 Å². The lowest BCUT2D eigenvalue weighted by molar-refractivity contribution is -0.117. The highest BCUT2D eigenvalue weighted by atomic mass is 32.2. The summed E-state index contributed by atoms with van der Waals surface area (Å²) in [6.07, 6.45) is 7.38. The minimum atomic E-state index is -3.39. The fraction of sp³-hybridized carbons (Fsp3) is 0.278. The van der Waals surface area contributed by atoms with Crippen molar-refractivity contribution in [3.05, 3.63) is 54.5 Å². The summed E-state index contributed by atoms with van der Waals surface area (Å²) in [5.74, 6) is 0.119. The number of hydrogen-bond acceptors (Lipinski definition) is 5. The second-order valence-electron chi connectivity index (χ2n) is 6.38. The van der Waals surface area contributed by atoms with E-state index in [9.17, 15) is 13.2 Å². The van der Waals surface area contributed by atoms with Crippen LogP contribution in [0.25, 0.3) is 11.0 Å². The van der Waals surface area contributed by atoms with E-state index < -0.39 is 10.0 Å². The summed E-state index contributed by atoms with van der Waals surface area (Å²) in [5, 5.41) is 2.90. The molecule has 0 radical (unpaired) electrons. The third-order valence-electron chi connectivity index (χ3n) is 4.47. The van der Waals surface area contributed by atoms with Crippen molar-refractivity contribution in [2.75, 3.05) is 18.8 Å². The van der Waals surface area contributed by atoms with Gasteiger partial charge in [0.15, 0.2) is 0 Å². The van der Waals surface area contributed by atoms with E-state index in [-0.39, 0.29) is 11.7 Å². The highest BCUT2D eigenvalue weighted by Crippen LogP contribution is 2.16. The summed E-state index contributed by atoms with van der Waals surface area (Å²) in [5.41, 5.74) is 2.52. The Labute approximate surface area is 157 Å². The Morgan fingerprint density at radius 3 is 2.96 bits per heavy atom. The van der Waals surface area contributed by atoms with E-state index in [1.807, 2.05) is 30.6 Å². The number of fused-ring (bicyclic) bond motifs is 2. The number of imidazole rings is 1. The van der Waals surface area contributed by atoms with E-state index in [4.69, 9.17) is 0 Å². The zero-order chi connectivity index (χ0) is 18.9. The van der Waals surface area contributed by atoms with Gasteiger partial charge >= 0.3 is 0 Å². The molecule has 1 amide bonds. The second-order valence-corrected chi connectivity index (χ2v) is 8.14. The van der Waals surface area contributed by atoms with Gasteiger partial charge in [-0.25, -0.2) is 13.4 Å². The first-order chi connectivity index (χ1) is 13.0. The molecule has 8 nitrogen and oxygen atoms in total. The predicted molar refractivity (Wildman–Crippen MR) is 103 cm³/mol. The first-order valence-corrected chi connectivity index (χ1v) is 10.3. The van der Waals surface area contributed by atoms with E-state index in [1.54, 1.807) is 23.3 Å². The van der Waals surface area contributed by atoms with Crippen molar-refractivity contribution in [3.63, 3.8) is 0 Å². The van der Waals surface area contributed by atoms with Crippen molar-refractivity contribution in [3.8, 4) is 0 Å². The molecule has 0 atom stereocenters. The molecular formula is C18H19N5O3S. The van der Waals surface area contributed by atoms with Crippen LogP contribution >= 0.6 is 0 Å². The van der Waals surface area contributed by atoms with Crippen LogP contribution in [0, 0.1) is 0 Å². The Balaban J connectivity index is 1.31. The summed E-state index contributed by atoms with van der Waals surface area (Å²) >= 11 is 0. The predicted octanol–water partition coefficient (Wildman–Crippen LogP) is 1.04. The molecule has 2 aliphatic heterocycles. The van der Waals surface area contributed by atoms with Crippen LogP contribution in [-0.2, 0) is 21.4 Å². The smallest absolute Gasteiger partial charge is 0.256 e. The topological polar surface area (TPSA) is 96.7 Å². The first-order valence-electron chi connectivity index (χ1n) is 8.69. The van der Waals surface area contributed by atoms with E-state index >= 15 is 0 Å². The molecule has 2 aromatic rings. The molecule has 9 heteroatoms. The number of sulfonamides is 1. The number of amidine groups is 1. The number of rotatable bonds is 5. The molecule has 1 aromatic heterocycles. The van der Waals surface area contributed by atoms with Crippen LogP contribution < -0.4 is 5.32 Å². The fourth-order valence-corrected chi connectivity index (χ4v) is 4.05. The van der Waals surface area contributed by atoms with Crippen LogP contribution in [0.15, 0.2) is 58.9 Å². The average molecular weight is 385 g/mol. The summed E-state index contributed by atoms with van der Waals surface area (Å²) in [7, 11) is -3.39. The lowest BCUT2D eigenvalue weighted by Gasteiger charge is -2.26. The molecular weight excluding hydrogens is 366 g/mol. The summed E-state index contributed by atoms with van der Waals surface area (Å²) in [4.78, 5) is 18.4. The number of nitrogens with zero attached hydrogens (tertiary/aromatic N) is 4. The van der Waals surface area contributed by atoms with Crippen molar-refractivity contribution in [2.45, 2.75) is 13.0 Å². The summed E-state index contributed by atoms with van der Waals surface area (Å²) in [6, 6.07) is 7.93. The van der Waals surface area contributed by atoms with Gasteiger partial charge in [-0.2, -0.15) is 0 Å². The molecule has 0 fully saturated rings. The number of carbonyl (C=O) groups excluding carboxylic acids is 1. The van der Waals surface area contributed by atoms with E-state index in [0.717, 1.165) is 24.0 Å².